The molecule has 7 heteroatoms. The van der Waals surface area contributed by atoms with Gasteiger partial charge in [-0.1, -0.05) is 6.07 Å². The smallest absolute Gasteiger partial charge is 0.244 e. The average Bonchev–Trinajstić information content (AvgIpc) is 2.37. The number of nitrogens with two attached hydrogens (primary N) is 1. The normalized spacial score (nSPS) is 11.4. The first-order valence-corrected chi connectivity index (χ1v) is 7.09. The van der Waals surface area contributed by atoms with Gasteiger partial charge in [0.25, 0.3) is 0 Å². The SMILES string of the molecule is Cc1cccc(CNS(=O)(=O)c2cnccc2N)n1. The summed E-state index contributed by atoms with van der Waals surface area (Å²) in [6, 6.07) is 6.86. The van der Waals surface area contributed by atoms with Crippen LogP contribution in [0.3, 0.4) is 0 Å². The third kappa shape index (κ3) is 3.27. The van der Waals surface area contributed by atoms with Crippen LogP contribution in [0.1, 0.15) is 11.4 Å². The van der Waals surface area contributed by atoms with E-state index in [1.165, 1.54) is 18.5 Å². The molecule has 19 heavy (non-hydrogen) atoms. The van der Waals surface area contributed by atoms with Crippen molar-refractivity contribution in [2.24, 2.45) is 0 Å². The first kappa shape index (κ1) is 13.4. The van der Waals surface area contributed by atoms with Gasteiger partial charge in [0, 0.05) is 18.1 Å². The minimum Gasteiger partial charge on any atom is -0.398 e. The third-order valence-corrected chi connectivity index (χ3v) is 3.94. The molecular formula is C12H14N4O2S. The van der Waals surface area contributed by atoms with Crippen LogP contribution in [0, 0.1) is 6.92 Å². The third-order valence-electron chi connectivity index (χ3n) is 2.50. The Morgan fingerprint density at radius 3 is 2.79 bits per heavy atom. The molecular weight excluding hydrogens is 264 g/mol. The van der Waals surface area contributed by atoms with Crippen LogP contribution in [-0.2, 0) is 16.6 Å². The number of anilines is 1. The summed E-state index contributed by atoms with van der Waals surface area (Å²) in [5, 5.41) is 0. The van der Waals surface area contributed by atoms with Gasteiger partial charge in [0.05, 0.1) is 17.9 Å². The fraction of sp³-hybridized carbons (Fsp3) is 0.167. The van der Waals surface area contributed by atoms with E-state index in [2.05, 4.69) is 14.7 Å². The number of hydrogen-bond donors (Lipinski definition) is 2. The van der Waals surface area contributed by atoms with E-state index in [0.717, 1.165) is 5.69 Å². The molecule has 2 aromatic heterocycles. The number of pyridine rings is 2. The lowest BCUT2D eigenvalue weighted by Crippen LogP contribution is -2.24. The maximum absolute atomic E-state index is 12.1. The largest absolute Gasteiger partial charge is 0.398 e. The van der Waals surface area contributed by atoms with Crippen LogP contribution in [0.25, 0.3) is 0 Å². The van der Waals surface area contributed by atoms with Crippen LogP contribution in [0.2, 0.25) is 0 Å². The molecule has 100 valence electrons. The number of sulfonamides is 1. The van der Waals surface area contributed by atoms with E-state index in [1.54, 1.807) is 6.07 Å². The molecule has 0 aliphatic carbocycles. The Hall–Kier alpha value is -1.99. The van der Waals surface area contributed by atoms with Crippen molar-refractivity contribution in [1.29, 1.82) is 0 Å². The summed E-state index contributed by atoms with van der Waals surface area (Å²) in [7, 11) is -3.68. The molecule has 0 bridgehead atoms. The Kier molecular flexibility index (Phi) is 3.77. The summed E-state index contributed by atoms with van der Waals surface area (Å²) < 4.78 is 26.6. The predicted molar refractivity (Wildman–Crippen MR) is 71.6 cm³/mol. The summed E-state index contributed by atoms with van der Waals surface area (Å²) in [4.78, 5) is 7.96. The van der Waals surface area contributed by atoms with Crippen LogP contribution in [-0.4, -0.2) is 18.4 Å². The lowest BCUT2D eigenvalue weighted by atomic mass is 10.3. The molecule has 0 saturated carbocycles. The molecule has 3 N–H and O–H groups in total. The Balaban J connectivity index is 2.17. The zero-order valence-electron chi connectivity index (χ0n) is 10.4. The number of nitrogen functional groups attached to an aromatic ring is 1. The van der Waals surface area contributed by atoms with Crippen molar-refractivity contribution in [3.05, 3.63) is 48.0 Å². The van der Waals surface area contributed by atoms with Gasteiger partial charge < -0.3 is 5.73 Å². The summed E-state index contributed by atoms with van der Waals surface area (Å²) in [6.45, 7) is 1.95. The second kappa shape index (κ2) is 5.33. The van der Waals surface area contributed by atoms with E-state index >= 15 is 0 Å². The second-order valence-electron chi connectivity index (χ2n) is 4.01. The Morgan fingerprint density at radius 2 is 2.11 bits per heavy atom. The van der Waals surface area contributed by atoms with Gasteiger partial charge in [-0.3, -0.25) is 9.97 Å². The minimum absolute atomic E-state index is 0.0253. The molecule has 0 unspecified atom stereocenters. The quantitative estimate of drug-likeness (QED) is 0.863. The molecule has 0 amide bonds. The van der Waals surface area contributed by atoms with Gasteiger partial charge in [-0.05, 0) is 25.1 Å². The highest BCUT2D eigenvalue weighted by atomic mass is 32.2. The molecule has 0 fully saturated rings. The molecule has 0 radical (unpaired) electrons. The number of hydrogen-bond acceptors (Lipinski definition) is 5. The average molecular weight is 278 g/mol. The van der Waals surface area contributed by atoms with Gasteiger partial charge in [-0.15, -0.1) is 0 Å². The molecule has 6 nitrogen and oxygen atoms in total. The zero-order chi connectivity index (χ0) is 13.9. The van der Waals surface area contributed by atoms with Gasteiger partial charge >= 0.3 is 0 Å². The minimum atomic E-state index is -3.68. The Morgan fingerprint density at radius 1 is 1.32 bits per heavy atom. The van der Waals surface area contributed by atoms with Gasteiger partial charge in [-0.25, -0.2) is 13.1 Å². The molecule has 0 saturated heterocycles. The molecule has 0 atom stereocenters. The topological polar surface area (TPSA) is 98.0 Å². The highest BCUT2D eigenvalue weighted by molar-refractivity contribution is 7.89. The maximum atomic E-state index is 12.1. The van der Waals surface area contributed by atoms with Crippen molar-refractivity contribution in [3.8, 4) is 0 Å². The first-order chi connectivity index (χ1) is 8.99. The number of rotatable bonds is 4. The van der Waals surface area contributed by atoms with Crippen LogP contribution in [0.4, 0.5) is 5.69 Å². The summed E-state index contributed by atoms with van der Waals surface area (Å²) in [5.41, 5.74) is 7.27. The van der Waals surface area contributed by atoms with E-state index in [-0.39, 0.29) is 17.1 Å². The van der Waals surface area contributed by atoms with Crippen molar-refractivity contribution in [2.45, 2.75) is 18.4 Å². The maximum Gasteiger partial charge on any atom is 0.244 e. The predicted octanol–water partition coefficient (Wildman–Crippen LogP) is 0.846. The molecule has 0 aliphatic rings. The summed E-state index contributed by atoms with van der Waals surface area (Å²) >= 11 is 0. The number of nitrogens with one attached hydrogen (secondary N) is 1. The molecule has 2 heterocycles. The highest BCUT2D eigenvalue weighted by Crippen LogP contribution is 2.15. The molecule has 0 aromatic carbocycles. The first-order valence-electron chi connectivity index (χ1n) is 5.61. The van der Waals surface area contributed by atoms with Crippen molar-refractivity contribution in [3.63, 3.8) is 0 Å². The van der Waals surface area contributed by atoms with Crippen LogP contribution in [0.5, 0.6) is 0 Å². The van der Waals surface area contributed by atoms with Gasteiger partial charge in [0.2, 0.25) is 10.0 Å². The fourth-order valence-electron chi connectivity index (χ4n) is 1.56. The number of aryl methyl sites for hydroxylation is 1. The van der Waals surface area contributed by atoms with Crippen molar-refractivity contribution >= 4 is 15.7 Å². The number of aromatic nitrogens is 2. The van der Waals surface area contributed by atoms with Crippen molar-refractivity contribution in [2.75, 3.05) is 5.73 Å². The molecule has 0 spiro atoms. The Labute approximate surface area is 111 Å². The van der Waals surface area contributed by atoms with E-state index in [0.29, 0.717) is 5.69 Å². The summed E-state index contributed by atoms with van der Waals surface area (Å²) in [6.07, 6.45) is 2.66. The standard InChI is InChI=1S/C12H14N4O2S/c1-9-3-2-4-10(16-9)7-15-19(17,18)12-8-14-6-5-11(12)13/h2-6,8,15H,7H2,1H3,(H2,13,14). The van der Waals surface area contributed by atoms with Crippen LogP contribution >= 0.6 is 0 Å². The van der Waals surface area contributed by atoms with Crippen LogP contribution in [0.15, 0.2) is 41.6 Å². The lowest BCUT2D eigenvalue weighted by molar-refractivity contribution is 0.580. The van der Waals surface area contributed by atoms with Crippen LogP contribution < -0.4 is 10.5 Å². The van der Waals surface area contributed by atoms with Gasteiger partial charge in [0.1, 0.15) is 4.90 Å². The monoisotopic (exact) mass is 278 g/mol. The second-order valence-corrected chi connectivity index (χ2v) is 5.74. The van der Waals surface area contributed by atoms with E-state index in [9.17, 15) is 8.42 Å². The molecule has 2 rings (SSSR count). The Bertz CT molecular complexity index is 686. The van der Waals surface area contributed by atoms with E-state index in [4.69, 9.17) is 5.73 Å². The molecule has 2 aromatic rings. The highest BCUT2D eigenvalue weighted by Gasteiger charge is 2.17. The van der Waals surface area contributed by atoms with E-state index < -0.39 is 10.0 Å². The summed E-state index contributed by atoms with van der Waals surface area (Å²) in [5.74, 6) is 0. The van der Waals surface area contributed by atoms with E-state index in [1.807, 2.05) is 19.1 Å². The molecule has 0 aliphatic heterocycles. The number of nitrogens with zero attached hydrogens (tertiary/aromatic N) is 2. The van der Waals surface area contributed by atoms with Gasteiger partial charge in [-0.2, -0.15) is 0 Å². The van der Waals surface area contributed by atoms with Gasteiger partial charge in [0.15, 0.2) is 0 Å². The fourth-order valence-corrected chi connectivity index (χ4v) is 2.63. The van der Waals surface area contributed by atoms with Crippen molar-refractivity contribution < 1.29 is 8.42 Å². The van der Waals surface area contributed by atoms with Crippen molar-refractivity contribution in [1.82, 2.24) is 14.7 Å². The zero-order valence-corrected chi connectivity index (χ0v) is 11.2. The lowest BCUT2D eigenvalue weighted by Gasteiger charge is -2.08.